The van der Waals surface area contributed by atoms with E-state index in [1.54, 1.807) is 30.5 Å². The number of carbonyl (C=O) groups excluding carboxylic acids is 4. The Hall–Kier alpha value is -3.59. The standard InChI is InChI=1S/C23H23N3O6/c27-16(11-15-12-19(28)32-23(15)31)13-26-10-4-3-7-18(22(26)30)25-21(29)20-17-6-2-1-5-14(17)8-9-24-20/h1-6,8-9,15,18,23,31H,7,10-13H2,(H,25,29). The first-order valence-corrected chi connectivity index (χ1v) is 10.4. The van der Waals surface area contributed by atoms with Crippen LogP contribution in [0.5, 0.6) is 0 Å². The molecule has 9 heteroatoms. The van der Waals surface area contributed by atoms with Crippen molar-refractivity contribution in [2.75, 3.05) is 13.1 Å². The fraction of sp³-hybridized carbons (Fsp3) is 0.348. The van der Waals surface area contributed by atoms with Gasteiger partial charge in [-0.2, -0.15) is 0 Å². The van der Waals surface area contributed by atoms with E-state index in [0.29, 0.717) is 11.8 Å². The number of ether oxygens (including phenoxy) is 1. The molecule has 0 radical (unpaired) electrons. The van der Waals surface area contributed by atoms with E-state index in [9.17, 15) is 24.3 Å². The predicted molar refractivity (Wildman–Crippen MR) is 113 cm³/mol. The first-order chi connectivity index (χ1) is 15.4. The van der Waals surface area contributed by atoms with Crippen LogP contribution in [0.2, 0.25) is 0 Å². The van der Waals surface area contributed by atoms with Crippen molar-refractivity contribution < 1.29 is 29.0 Å². The maximum atomic E-state index is 13.0. The van der Waals surface area contributed by atoms with Crippen LogP contribution < -0.4 is 5.32 Å². The average molecular weight is 437 g/mol. The van der Waals surface area contributed by atoms with Crippen molar-refractivity contribution in [3.63, 3.8) is 0 Å². The number of aliphatic hydroxyl groups excluding tert-OH is 1. The molecule has 1 aromatic carbocycles. The lowest BCUT2D eigenvalue weighted by molar-refractivity contribution is -0.156. The summed E-state index contributed by atoms with van der Waals surface area (Å²) in [5, 5.41) is 14.0. The summed E-state index contributed by atoms with van der Waals surface area (Å²) in [7, 11) is 0. The van der Waals surface area contributed by atoms with Crippen LogP contribution in [0.4, 0.5) is 0 Å². The highest BCUT2D eigenvalue weighted by Crippen LogP contribution is 2.24. The third-order valence-electron chi connectivity index (χ3n) is 5.61. The molecule has 2 aromatic rings. The molecule has 1 saturated heterocycles. The van der Waals surface area contributed by atoms with Gasteiger partial charge in [0.15, 0.2) is 5.78 Å². The molecule has 1 fully saturated rings. The minimum Gasteiger partial charge on any atom is -0.436 e. The van der Waals surface area contributed by atoms with Gasteiger partial charge in [0.2, 0.25) is 12.2 Å². The Kier molecular flexibility index (Phi) is 6.27. The molecule has 0 spiro atoms. The number of nitrogens with one attached hydrogen (secondary N) is 1. The van der Waals surface area contributed by atoms with Crippen molar-refractivity contribution in [3.8, 4) is 0 Å². The van der Waals surface area contributed by atoms with E-state index in [1.807, 2.05) is 18.2 Å². The normalized spacial score (nSPS) is 23.2. The molecule has 3 atom stereocenters. The first-order valence-electron chi connectivity index (χ1n) is 10.4. The Bertz CT molecular complexity index is 1090. The smallest absolute Gasteiger partial charge is 0.308 e. The fourth-order valence-corrected chi connectivity index (χ4v) is 3.97. The zero-order valence-electron chi connectivity index (χ0n) is 17.3. The molecule has 2 amide bonds. The van der Waals surface area contributed by atoms with Gasteiger partial charge in [-0.3, -0.25) is 24.2 Å². The molecule has 9 nitrogen and oxygen atoms in total. The van der Waals surface area contributed by atoms with Gasteiger partial charge in [-0.15, -0.1) is 0 Å². The molecule has 3 unspecified atom stereocenters. The highest BCUT2D eigenvalue weighted by Gasteiger charge is 2.36. The molecule has 2 N–H and O–H groups in total. The number of cyclic esters (lactones) is 1. The van der Waals surface area contributed by atoms with E-state index in [4.69, 9.17) is 0 Å². The minimum absolute atomic E-state index is 0.0303. The van der Waals surface area contributed by atoms with Gasteiger partial charge in [0.1, 0.15) is 11.7 Å². The fourth-order valence-electron chi connectivity index (χ4n) is 3.97. The van der Waals surface area contributed by atoms with Crippen molar-refractivity contribution in [1.82, 2.24) is 15.2 Å². The Morgan fingerprint density at radius 1 is 1.19 bits per heavy atom. The summed E-state index contributed by atoms with van der Waals surface area (Å²) in [4.78, 5) is 55.2. The number of pyridine rings is 1. The number of aliphatic hydroxyl groups is 1. The van der Waals surface area contributed by atoms with Crippen LogP contribution in [-0.2, 0) is 19.1 Å². The second-order valence-electron chi connectivity index (χ2n) is 7.92. The highest BCUT2D eigenvalue weighted by molar-refractivity contribution is 6.06. The van der Waals surface area contributed by atoms with Gasteiger partial charge in [0, 0.05) is 30.5 Å². The number of esters is 1. The zero-order valence-corrected chi connectivity index (χ0v) is 17.3. The summed E-state index contributed by atoms with van der Waals surface area (Å²) >= 11 is 0. The van der Waals surface area contributed by atoms with Crippen LogP contribution in [0, 0.1) is 5.92 Å². The van der Waals surface area contributed by atoms with E-state index in [2.05, 4.69) is 15.0 Å². The zero-order chi connectivity index (χ0) is 22.7. The number of hydrogen-bond donors (Lipinski definition) is 2. The quantitative estimate of drug-likeness (QED) is 0.509. The first kappa shape index (κ1) is 21.6. The Labute approximate surface area is 184 Å². The number of ketones is 1. The third-order valence-corrected chi connectivity index (χ3v) is 5.61. The molecule has 3 heterocycles. The number of nitrogens with zero attached hydrogens (tertiary/aromatic N) is 2. The molecule has 0 bridgehead atoms. The van der Waals surface area contributed by atoms with Gasteiger partial charge < -0.3 is 20.1 Å². The van der Waals surface area contributed by atoms with Crippen LogP contribution in [0.1, 0.15) is 29.8 Å². The van der Waals surface area contributed by atoms with Crippen molar-refractivity contribution >= 4 is 34.3 Å². The molecular formula is C23H23N3O6. The number of benzene rings is 1. The number of fused-ring (bicyclic) bond motifs is 1. The topological polar surface area (TPSA) is 126 Å². The summed E-state index contributed by atoms with van der Waals surface area (Å²) < 4.78 is 4.66. The van der Waals surface area contributed by atoms with Crippen molar-refractivity contribution in [1.29, 1.82) is 0 Å². The van der Waals surface area contributed by atoms with Gasteiger partial charge >= 0.3 is 5.97 Å². The van der Waals surface area contributed by atoms with Crippen LogP contribution in [0.15, 0.2) is 48.7 Å². The van der Waals surface area contributed by atoms with E-state index in [1.165, 1.54) is 4.90 Å². The van der Waals surface area contributed by atoms with E-state index < -0.39 is 30.1 Å². The minimum atomic E-state index is -1.30. The largest absolute Gasteiger partial charge is 0.436 e. The molecule has 4 rings (SSSR count). The number of aromatic nitrogens is 1. The van der Waals surface area contributed by atoms with Gasteiger partial charge in [-0.05, 0) is 17.9 Å². The van der Waals surface area contributed by atoms with E-state index in [0.717, 1.165) is 5.39 Å². The Morgan fingerprint density at radius 2 is 2.00 bits per heavy atom. The molecule has 2 aliphatic heterocycles. The van der Waals surface area contributed by atoms with Crippen LogP contribution in [0.25, 0.3) is 10.8 Å². The van der Waals surface area contributed by atoms with Crippen LogP contribution >= 0.6 is 0 Å². The number of rotatable bonds is 6. The summed E-state index contributed by atoms with van der Waals surface area (Å²) in [6.45, 7) is 0.0472. The van der Waals surface area contributed by atoms with Crippen molar-refractivity contribution in [2.45, 2.75) is 31.6 Å². The summed E-state index contributed by atoms with van der Waals surface area (Å²) in [6.07, 6.45) is 4.00. The van der Waals surface area contributed by atoms with Crippen molar-refractivity contribution in [3.05, 3.63) is 54.4 Å². The molecule has 2 aliphatic rings. The van der Waals surface area contributed by atoms with Gasteiger partial charge in [-0.25, -0.2) is 0 Å². The number of amides is 2. The lowest BCUT2D eigenvalue weighted by Crippen LogP contribution is -2.49. The summed E-state index contributed by atoms with van der Waals surface area (Å²) in [6, 6.07) is 8.32. The number of Topliss-reactive ketones (excluding diaryl/α,β-unsaturated/α-hetero) is 1. The maximum absolute atomic E-state index is 13.0. The summed E-state index contributed by atoms with van der Waals surface area (Å²) in [5.74, 6) is -2.30. The van der Waals surface area contributed by atoms with E-state index >= 15 is 0 Å². The number of hydrogen-bond acceptors (Lipinski definition) is 7. The third kappa shape index (κ3) is 4.67. The molecule has 0 saturated carbocycles. The molecule has 32 heavy (non-hydrogen) atoms. The lowest BCUT2D eigenvalue weighted by atomic mass is 10.00. The van der Waals surface area contributed by atoms with Gasteiger partial charge in [-0.1, -0.05) is 36.4 Å². The molecule has 166 valence electrons. The Morgan fingerprint density at radius 3 is 2.78 bits per heavy atom. The molecular weight excluding hydrogens is 414 g/mol. The molecule has 0 aliphatic carbocycles. The van der Waals surface area contributed by atoms with Gasteiger partial charge in [0.25, 0.3) is 5.91 Å². The summed E-state index contributed by atoms with van der Waals surface area (Å²) in [5.41, 5.74) is 0.228. The number of carbonyl (C=O) groups is 4. The maximum Gasteiger partial charge on any atom is 0.308 e. The van der Waals surface area contributed by atoms with Crippen molar-refractivity contribution in [2.24, 2.45) is 5.92 Å². The highest BCUT2D eigenvalue weighted by atomic mass is 16.6. The molecule has 1 aromatic heterocycles. The van der Waals surface area contributed by atoms with Gasteiger partial charge in [0.05, 0.1) is 13.0 Å². The second-order valence-corrected chi connectivity index (χ2v) is 7.92. The SMILES string of the molecule is O=C(CC1CC(=O)OC1O)CN1CC=CCC(NC(=O)c2nccc3ccccc23)C1=O. The monoisotopic (exact) mass is 437 g/mol. The lowest BCUT2D eigenvalue weighted by Gasteiger charge is -2.25. The predicted octanol–water partition coefficient (Wildman–Crippen LogP) is 0.962. The average Bonchev–Trinajstić information content (AvgIpc) is 2.99. The van der Waals surface area contributed by atoms with Crippen LogP contribution in [-0.4, -0.2) is 64.0 Å². The van der Waals surface area contributed by atoms with E-state index in [-0.39, 0.29) is 43.3 Å². The Balaban J connectivity index is 1.42. The second kappa shape index (κ2) is 9.27. The van der Waals surface area contributed by atoms with Crippen LogP contribution in [0.3, 0.4) is 0 Å².